The van der Waals surface area contributed by atoms with Crippen LogP contribution in [-0.2, 0) is 28.6 Å². The number of unbranched alkanes of at least 4 members (excludes halogenated alkanes) is 20. The van der Waals surface area contributed by atoms with Crippen LogP contribution < -0.4 is 0 Å². The molecule has 0 radical (unpaired) electrons. The van der Waals surface area contributed by atoms with Gasteiger partial charge in [-0.2, -0.15) is 0 Å². The Labute approximate surface area is 511 Å². The standard InChI is InChI=1S/C77H122O6/c1-4-7-10-13-16-19-22-25-28-31-33-35-37-38-40-41-43-46-49-52-55-58-61-64-67-70-76(79)82-73-74(72-81-75(78)69-66-63-60-57-54-51-48-45-30-27-24-21-18-15-12-9-6-3)83-77(80)71-68-65-62-59-56-53-50-47-44-42-39-36-34-32-29-26-23-20-17-14-11-8-5-2/h7-8,10-11,16-17,19-20,25-30,33-36,38,40,42-44,46,50,52-53,55,74H,4-6,9,12-15,18,21-24,31-32,37,39,41,45,47-49,51,54,56-73H2,1-3H3/b10-7-,11-8-,19-16-,20-17-,28-25-,29-26-,30-27-,35-33-,36-34-,40-38-,44-42-,46-43-,53-50-,55-52-. The van der Waals surface area contributed by atoms with Crippen molar-refractivity contribution in [1.82, 2.24) is 0 Å². The lowest BCUT2D eigenvalue weighted by Gasteiger charge is -2.18. The van der Waals surface area contributed by atoms with Crippen molar-refractivity contribution in [3.63, 3.8) is 0 Å². The maximum atomic E-state index is 12.9. The van der Waals surface area contributed by atoms with Gasteiger partial charge in [-0.05, 0) is 154 Å². The monoisotopic (exact) mass is 1140 g/mol. The Morgan fingerprint density at radius 1 is 0.253 bits per heavy atom. The second kappa shape index (κ2) is 69.3. The van der Waals surface area contributed by atoms with Crippen molar-refractivity contribution in [3.8, 4) is 0 Å². The molecule has 0 fully saturated rings. The molecule has 0 aliphatic heterocycles. The van der Waals surface area contributed by atoms with Crippen LogP contribution in [0.15, 0.2) is 170 Å². The highest BCUT2D eigenvalue weighted by Gasteiger charge is 2.19. The van der Waals surface area contributed by atoms with Gasteiger partial charge in [-0.15, -0.1) is 0 Å². The smallest absolute Gasteiger partial charge is 0.306 e. The fourth-order valence-corrected chi connectivity index (χ4v) is 8.71. The van der Waals surface area contributed by atoms with Crippen LogP contribution in [0.25, 0.3) is 0 Å². The summed E-state index contributed by atoms with van der Waals surface area (Å²) in [5.41, 5.74) is 0. The van der Waals surface area contributed by atoms with Gasteiger partial charge in [0.15, 0.2) is 6.10 Å². The van der Waals surface area contributed by atoms with Crippen LogP contribution in [0.4, 0.5) is 0 Å². The molecule has 466 valence electrons. The molecule has 6 nitrogen and oxygen atoms in total. The molecule has 1 atom stereocenters. The van der Waals surface area contributed by atoms with E-state index in [0.717, 1.165) is 161 Å². The number of carbonyl (C=O) groups is 3. The minimum absolute atomic E-state index is 0.109. The van der Waals surface area contributed by atoms with Gasteiger partial charge < -0.3 is 14.2 Å². The number of hydrogen-bond acceptors (Lipinski definition) is 6. The second-order valence-corrected chi connectivity index (χ2v) is 21.6. The Kier molecular flexibility index (Phi) is 64.9. The Morgan fingerprint density at radius 2 is 0.470 bits per heavy atom. The molecule has 0 aromatic rings. The second-order valence-electron chi connectivity index (χ2n) is 21.6. The molecule has 6 heteroatoms. The van der Waals surface area contributed by atoms with Crippen LogP contribution in [0.3, 0.4) is 0 Å². The number of esters is 3. The lowest BCUT2D eigenvalue weighted by atomic mass is 10.1. The molecule has 0 aliphatic rings. The minimum Gasteiger partial charge on any atom is -0.462 e. The molecule has 0 saturated carbocycles. The van der Waals surface area contributed by atoms with Crippen LogP contribution in [0.2, 0.25) is 0 Å². The summed E-state index contributed by atoms with van der Waals surface area (Å²) in [6.45, 7) is 6.36. The molecule has 0 rings (SSSR count). The summed E-state index contributed by atoms with van der Waals surface area (Å²) in [6, 6.07) is 0. The summed E-state index contributed by atoms with van der Waals surface area (Å²) < 4.78 is 16.9. The van der Waals surface area contributed by atoms with Crippen molar-refractivity contribution in [2.45, 2.75) is 284 Å². The van der Waals surface area contributed by atoms with Gasteiger partial charge in [-0.3, -0.25) is 14.4 Å². The predicted molar refractivity (Wildman–Crippen MR) is 361 cm³/mol. The van der Waals surface area contributed by atoms with Gasteiger partial charge >= 0.3 is 17.9 Å². The molecule has 0 aliphatic carbocycles. The molecule has 0 amide bonds. The third-order valence-electron chi connectivity index (χ3n) is 13.7. The highest BCUT2D eigenvalue weighted by atomic mass is 16.6. The van der Waals surface area contributed by atoms with Gasteiger partial charge in [-0.25, -0.2) is 0 Å². The fraction of sp³-hybridized carbons (Fsp3) is 0.597. The fourth-order valence-electron chi connectivity index (χ4n) is 8.71. The molecular formula is C77H122O6. The van der Waals surface area contributed by atoms with Gasteiger partial charge in [0.1, 0.15) is 13.2 Å². The van der Waals surface area contributed by atoms with Gasteiger partial charge in [-0.1, -0.05) is 274 Å². The Morgan fingerprint density at radius 3 is 0.759 bits per heavy atom. The predicted octanol–water partition coefficient (Wildman–Crippen LogP) is 23.4. The summed E-state index contributed by atoms with van der Waals surface area (Å²) >= 11 is 0. The third-order valence-corrected chi connectivity index (χ3v) is 13.7. The lowest BCUT2D eigenvalue weighted by molar-refractivity contribution is -0.167. The minimum atomic E-state index is -0.819. The number of ether oxygens (including phenoxy) is 3. The Balaban J connectivity index is 4.55. The topological polar surface area (TPSA) is 78.9 Å². The first-order chi connectivity index (χ1) is 41.0. The maximum Gasteiger partial charge on any atom is 0.306 e. The highest BCUT2D eigenvalue weighted by molar-refractivity contribution is 5.71. The molecule has 1 unspecified atom stereocenters. The van der Waals surface area contributed by atoms with Crippen molar-refractivity contribution in [2.75, 3.05) is 13.2 Å². The van der Waals surface area contributed by atoms with Gasteiger partial charge in [0.25, 0.3) is 0 Å². The summed E-state index contributed by atoms with van der Waals surface area (Å²) in [4.78, 5) is 38.4. The zero-order valence-electron chi connectivity index (χ0n) is 53.4. The van der Waals surface area contributed by atoms with E-state index in [4.69, 9.17) is 14.2 Å². The number of hydrogen-bond donors (Lipinski definition) is 0. The summed E-state index contributed by atoms with van der Waals surface area (Å²) in [7, 11) is 0. The maximum absolute atomic E-state index is 12.9. The van der Waals surface area contributed by atoms with Crippen molar-refractivity contribution >= 4 is 17.9 Å². The SMILES string of the molecule is CC/C=C\C/C=C\C/C=C\C/C=C\C/C=C\C/C=C\C/C=C\CCCCCC(=O)OCC(COC(=O)CCCCCCCCC/C=C\CCCCCCCC)OC(=O)CCCCCC/C=C\C/C=C\C/C=C\C/C=C\C/C=C\C/C=C\CC. The largest absolute Gasteiger partial charge is 0.462 e. The van der Waals surface area contributed by atoms with Gasteiger partial charge in [0.05, 0.1) is 0 Å². The van der Waals surface area contributed by atoms with E-state index in [0.29, 0.717) is 12.8 Å². The first-order valence-corrected chi connectivity index (χ1v) is 33.6. The average Bonchev–Trinajstić information content (AvgIpc) is 3.49. The van der Waals surface area contributed by atoms with E-state index in [1.54, 1.807) is 0 Å². The van der Waals surface area contributed by atoms with Gasteiger partial charge in [0, 0.05) is 19.3 Å². The number of carbonyl (C=O) groups excluding carboxylic acids is 3. The molecule has 0 spiro atoms. The van der Waals surface area contributed by atoms with E-state index in [-0.39, 0.29) is 37.5 Å². The molecule has 0 saturated heterocycles. The molecule has 83 heavy (non-hydrogen) atoms. The first kappa shape index (κ1) is 77.8. The molecule has 0 aromatic carbocycles. The summed E-state index contributed by atoms with van der Waals surface area (Å²) in [5.74, 6) is -0.974. The Hall–Kier alpha value is -5.23. The molecule has 0 bridgehead atoms. The molecule has 0 N–H and O–H groups in total. The van der Waals surface area contributed by atoms with Gasteiger partial charge in [0.2, 0.25) is 0 Å². The normalized spacial score (nSPS) is 13.2. The Bertz CT molecular complexity index is 1890. The van der Waals surface area contributed by atoms with Crippen molar-refractivity contribution in [2.24, 2.45) is 0 Å². The van der Waals surface area contributed by atoms with Crippen LogP contribution in [-0.4, -0.2) is 37.2 Å². The molecule has 0 heterocycles. The molecule has 0 aromatic heterocycles. The van der Waals surface area contributed by atoms with Crippen molar-refractivity contribution in [3.05, 3.63) is 170 Å². The zero-order chi connectivity index (χ0) is 59.9. The molecular weight excluding hydrogens is 1020 g/mol. The summed E-state index contributed by atoms with van der Waals surface area (Å²) in [5, 5.41) is 0. The first-order valence-electron chi connectivity index (χ1n) is 33.6. The zero-order valence-corrected chi connectivity index (χ0v) is 53.4. The van der Waals surface area contributed by atoms with Crippen LogP contribution in [0, 0.1) is 0 Å². The third kappa shape index (κ3) is 67.4. The van der Waals surface area contributed by atoms with Crippen LogP contribution in [0.1, 0.15) is 278 Å². The average molecular weight is 1140 g/mol. The van der Waals surface area contributed by atoms with E-state index < -0.39 is 6.10 Å². The van der Waals surface area contributed by atoms with Crippen LogP contribution in [0.5, 0.6) is 0 Å². The van der Waals surface area contributed by atoms with E-state index in [2.05, 4.69) is 191 Å². The quantitative estimate of drug-likeness (QED) is 0.0261. The van der Waals surface area contributed by atoms with Crippen LogP contribution >= 0.6 is 0 Å². The van der Waals surface area contributed by atoms with Crippen molar-refractivity contribution in [1.29, 1.82) is 0 Å². The van der Waals surface area contributed by atoms with Crippen molar-refractivity contribution < 1.29 is 28.6 Å². The van der Waals surface area contributed by atoms with E-state index in [1.807, 2.05) is 0 Å². The lowest BCUT2D eigenvalue weighted by Crippen LogP contribution is -2.30. The number of rotatable bonds is 59. The van der Waals surface area contributed by atoms with E-state index in [9.17, 15) is 14.4 Å². The van der Waals surface area contributed by atoms with E-state index >= 15 is 0 Å². The highest BCUT2D eigenvalue weighted by Crippen LogP contribution is 2.14. The summed E-state index contributed by atoms with van der Waals surface area (Å²) in [6.07, 6.45) is 102. The number of allylic oxidation sites excluding steroid dienone is 28. The van der Waals surface area contributed by atoms with E-state index in [1.165, 1.54) is 77.0 Å².